The fraction of sp³-hybridized carbons (Fsp3) is 0.500. The average Bonchev–Trinajstić information content (AvgIpc) is 3.16. The number of aliphatic hydroxyl groups is 1. The molecule has 27 heavy (non-hydrogen) atoms. The summed E-state index contributed by atoms with van der Waals surface area (Å²) in [7, 11) is 1.50. The zero-order chi connectivity index (χ0) is 19.6. The molecule has 0 aliphatic carbocycles. The van der Waals surface area contributed by atoms with Crippen LogP contribution in [0.4, 0.5) is 9.52 Å². The number of halogens is 1. The van der Waals surface area contributed by atoms with Gasteiger partial charge in [-0.15, -0.1) is 0 Å². The highest BCUT2D eigenvalue weighted by Gasteiger charge is 2.37. The van der Waals surface area contributed by atoms with Crippen LogP contribution in [0.5, 0.6) is 11.8 Å². The lowest BCUT2D eigenvalue weighted by molar-refractivity contribution is -0.114. The maximum Gasteiger partial charge on any atom is 0.232 e. The predicted octanol–water partition coefficient (Wildman–Crippen LogP) is 1.57. The fourth-order valence-corrected chi connectivity index (χ4v) is 3.83. The molecule has 0 spiro atoms. The third kappa shape index (κ3) is 4.49. The van der Waals surface area contributed by atoms with Crippen LogP contribution < -0.4 is 14.8 Å². The Hall–Kier alpha value is -2.37. The summed E-state index contributed by atoms with van der Waals surface area (Å²) in [4.78, 5) is 24.5. The normalized spacial score (nSPS) is 21.1. The van der Waals surface area contributed by atoms with Crippen molar-refractivity contribution in [2.24, 2.45) is 0 Å². The van der Waals surface area contributed by atoms with Crippen molar-refractivity contribution in [3.63, 3.8) is 0 Å². The highest BCUT2D eigenvalue weighted by Crippen LogP contribution is 2.35. The number of hydrogen-bond donors (Lipinski definition) is 2. The number of nitrogens with zero attached hydrogens (tertiary/aromatic N) is 4. The van der Waals surface area contributed by atoms with Crippen LogP contribution in [-0.2, 0) is 4.79 Å². The first-order chi connectivity index (χ1) is 12.9. The van der Waals surface area contributed by atoms with Gasteiger partial charge in [0.15, 0.2) is 5.13 Å². The number of hydrogen-bond acceptors (Lipinski definition) is 9. The Kier molecular flexibility index (Phi) is 5.82. The highest BCUT2D eigenvalue weighted by molar-refractivity contribution is 7.15. The number of methoxy groups -OCH3 is 1. The van der Waals surface area contributed by atoms with E-state index in [-0.39, 0.29) is 28.1 Å². The molecule has 0 radical (unpaired) electrons. The van der Waals surface area contributed by atoms with E-state index in [4.69, 9.17) is 9.47 Å². The molecule has 1 aliphatic rings. The van der Waals surface area contributed by atoms with Crippen molar-refractivity contribution in [1.29, 1.82) is 0 Å². The zero-order valence-corrected chi connectivity index (χ0v) is 15.9. The Bertz CT molecular complexity index is 820. The quantitative estimate of drug-likeness (QED) is 0.756. The van der Waals surface area contributed by atoms with E-state index in [0.29, 0.717) is 24.7 Å². The third-order valence-electron chi connectivity index (χ3n) is 4.14. The molecule has 1 saturated heterocycles. The van der Waals surface area contributed by atoms with Crippen LogP contribution in [0, 0.1) is 5.95 Å². The van der Waals surface area contributed by atoms with Gasteiger partial charge in [0, 0.05) is 25.9 Å². The summed E-state index contributed by atoms with van der Waals surface area (Å²) in [5.74, 6) is -0.395. The van der Waals surface area contributed by atoms with Gasteiger partial charge in [0.25, 0.3) is 0 Å². The monoisotopic (exact) mass is 397 g/mol. The minimum Gasteiger partial charge on any atom is -0.481 e. The molecule has 3 rings (SSSR count). The van der Waals surface area contributed by atoms with Gasteiger partial charge in [0.05, 0.1) is 13.2 Å². The minimum absolute atomic E-state index is 0.0509. The van der Waals surface area contributed by atoms with Crippen molar-refractivity contribution < 1.29 is 23.8 Å². The molecule has 3 heterocycles. The molecule has 0 aromatic carbocycles. The van der Waals surface area contributed by atoms with E-state index in [0.717, 1.165) is 11.3 Å². The summed E-state index contributed by atoms with van der Waals surface area (Å²) < 4.78 is 25.0. The van der Waals surface area contributed by atoms with Gasteiger partial charge in [-0.3, -0.25) is 9.69 Å². The molecule has 2 aromatic heterocycles. The lowest BCUT2D eigenvalue weighted by Gasteiger charge is -2.25. The molecule has 1 fully saturated rings. The van der Waals surface area contributed by atoms with Gasteiger partial charge in [0.1, 0.15) is 23.5 Å². The molecule has 2 N–H and O–H groups in total. The first kappa shape index (κ1) is 19.4. The number of carbonyl (C=O) groups is 1. The lowest BCUT2D eigenvalue weighted by atomic mass is 10.2. The second kappa shape index (κ2) is 8.11. The Balaban J connectivity index is 1.68. The van der Waals surface area contributed by atoms with Gasteiger partial charge in [-0.2, -0.15) is 9.37 Å². The van der Waals surface area contributed by atoms with Crippen molar-refractivity contribution in [2.45, 2.75) is 38.6 Å². The summed E-state index contributed by atoms with van der Waals surface area (Å²) in [5.41, 5.74) is 0. The zero-order valence-electron chi connectivity index (χ0n) is 15.0. The Morgan fingerprint density at radius 3 is 2.93 bits per heavy atom. The number of aromatic nitrogens is 3. The van der Waals surface area contributed by atoms with Gasteiger partial charge in [-0.1, -0.05) is 11.3 Å². The SMILES string of the molecule is COc1cc(OC2CC(C)N(C(O)c3sc(NC(C)=O)nc3F)C2)ncn1. The third-order valence-corrected chi connectivity index (χ3v) is 5.13. The van der Waals surface area contributed by atoms with Crippen molar-refractivity contribution >= 4 is 22.4 Å². The van der Waals surface area contributed by atoms with Crippen molar-refractivity contribution in [3.05, 3.63) is 23.2 Å². The molecule has 1 amide bonds. The molecular weight excluding hydrogens is 377 g/mol. The summed E-state index contributed by atoms with van der Waals surface area (Å²) in [5, 5.41) is 13.2. The Morgan fingerprint density at radius 1 is 1.48 bits per heavy atom. The second-order valence-electron chi connectivity index (χ2n) is 6.15. The number of amides is 1. The number of thiazole rings is 1. The van der Waals surface area contributed by atoms with Crippen molar-refractivity contribution in [2.75, 3.05) is 19.0 Å². The van der Waals surface area contributed by atoms with E-state index in [9.17, 15) is 14.3 Å². The average molecular weight is 397 g/mol. The number of ether oxygens (including phenoxy) is 2. The number of anilines is 1. The van der Waals surface area contributed by atoms with Crippen LogP contribution in [0.25, 0.3) is 0 Å². The maximum atomic E-state index is 14.1. The lowest BCUT2D eigenvalue weighted by Crippen LogP contribution is -2.32. The minimum atomic E-state index is -1.19. The van der Waals surface area contributed by atoms with E-state index >= 15 is 0 Å². The van der Waals surface area contributed by atoms with Gasteiger partial charge in [-0.25, -0.2) is 9.97 Å². The smallest absolute Gasteiger partial charge is 0.232 e. The first-order valence-electron chi connectivity index (χ1n) is 8.27. The Labute approximate surface area is 159 Å². The van der Waals surface area contributed by atoms with Crippen LogP contribution in [0.2, 0.25) is 0 Å². The highest BCUT2D eigenvalue weighted by atomic mass is 32.1. The van der Waals surface area contributed by atoms with E-state index in [2.05, 4.69) is 20.3 Å². The summed E-state index contributed by atoms with van der Waals surface area (Å²) in [6.07, 6.45) is 0.547. The molecule has 0 saturated carbocycles. The van der Waals surface area contributed by atoms with Gasteiger partial charge in [-0.05, 0) is 6.92 Å². The van der Waals surface area contributed by atoms with Gasteiger partial charge >= 0.3 is 0 Å². The molecule has 2 aromatic rings. The number of rotatable bonds is 6. The van der Waals surface area contributed by atoms with Crippen LogP contribution in [0.15, 0.2) is 12.4 Å². The van der Waals surface area contributed by atoms with Gasteiger partial charge < -0.3 is 19.9 Å². The van der Waals surface area contributed by atoms with Crippen LogP contribution in [0.1, 0.15) is 31.4 Å². The summed E-state index contributed by atoms with van der Waals surface area (Å²) >= 11 is 0.907. The number of nitrogens with one attached hydrogen (secondary N) is 1. The number of aliphatic hydroxyl groups excluding tert-OH is 1. The van der Waals surface area contributed by atoms with E-state index in [1.807, 2.05) is 6.92 Å². The topological polar surface area (TPSA) is 110 Å². The fourth-order valence-electron chi connectivity index (χ4n) is 2.93. The van der Waals surface area contributed by atoms with Crippen LogP contribution in [-0.4, -0.2) is 56.7 Å². The van der Waals surface area contributed by atoms with E-state index < -0.39 is 12.2 Å². The van der Waals surface area contributed by atoms with E-state index in [1.165, 1.54) is 20.4 Å². The molecule has 11 heteroatoms. The number of carbonyl (C=O) groups excluding carboxylic acids is 1. The number of likely N-dealkylation sites (tertiary alicyclic amines) is 1. The summed E-state index contributed by atoms with van der Waals surface area (Å²) in [6, 6.07) is 1.52. The molecule has 1 aliphatic heterocycles. The Morgan fingerprint density at radius 2 is 2.22 bits per heavy atom. The molecule has 146 valence electrons. The van der Waals surface area contributed by atoms with Crippen molar-refractivity contribution in [3.8, 4) is 11.8 Å². The molecule has 3 atom stereocenters. The summed E-state index contributed by atoms with van der Waals surface area (Å²) in [6.45, 7) is 3.60. The predicted molar refractivity (Wildman–Crippen MR) is 95.1 cm³/mol. The van der Waals surface area contributed by atoms with Crippen molar-refractivity contribution in [1.82, 2.24) is 19.9 Å². The maximum absolute atomic E-state index is 14.1. The van der Waals surface area contributed by atoms with E-state index in [1.54, 1.807) is 11.0 Å². The largest absolute Gasteiger partial charge is 0.481 e. The van der Waals surface area contributed by atoms with Crippen LogP contribution >= 0.6 is 11.3 Å². The molecular formula is C16H20FN5O4S. The molecule has 9 nitrogen and oxygen atoms in total. The van der Waals surface area contributed by atoms with Gasteiger partial charge in [0.2, 0.25) is 23.6 Å². The standard InChI is InChI=1S/C16H20FN5O4S/c1-8-4-10(26-12-5-11(25-3)18-7-19-12)6-22(8)15(24)13-14(17)21-16(27-13)20-9(2)23/h5,7-8,10,15,24H,4,6H2,1-3H3,(H,20,21,23). The molecule has 3 unspecified atom stereocenters. The van der Waals surface area contributed by atoms with Crippen LogP contribution in [0.3, 0.4) is 0 Å². The second-order valence-corrected chi connectivity index (χ2v) is 7.18. The molecule has 0 bridgehead atoms. The first-order valence-corrected chi connectivity index (χ1v) is 9.09.